The second-order valence-electron chi connectivity index (χ2n) is 7.28. The zero-order valence-corrected chi connectivity index (χ0v) is 15.9. The number of nitrogens with zero attached hydrogens (tertiary/aromatic N) is 4. The normalized spacial score (nSPS) is 19.2. The van der Waals surface area contributed by atoms with Gasteiger partial charge in [-0.2, -0.15) is 5.10 Å². The second kappa shape index (κ2) is 8.07. The number of amides is 3. The smallest absolute Gasteiger partial charge is 0.323 e. The van der Waals surface area contributed by atoms with E-state index in [0.29, 0.717) is 38.1 Å². The van der Waals surface area contributed by atoms with Gasteiger partial charge in [0.05, 0.1) is 11.7 Å². The fourth-order valence-corrected chi connectivity index (χ4v) is 3.47. The van der Waals surface area contributed by atoms with Crippen molar-refractivity contribution in [1.29, 1.82) is 0 Å². The molecule has 1 aromatic rings. The van der Waals surface area contributed by atoms with Gasteiger partial charge in [-0.15, -0.1) is 0 Å². The highest BCUT2D eigenvalue weighted by molar-refractivity contribution is 5.88. The van der Waals surface area contributed by atoms with Crippen molar-refractivity contribution in [3.05, 3.63) is 11.8 Å². The third-order valence-corrected chi connectivity index (χ3v) is 5.19. The van der Waals surface area contributed by atoms with Crippen LogP contribution < -0.4 is 5.32 Å². The number of carbonyl (C=O) groups excluding carboxylic acids is 2. The molecule has 1 aliphatic carbocycles. The van der Waals surface area contributed by atoms with Gasteiger partial charge in [0.15, 0.2) is 0 Å². The Bertz CT molecular complexity index is 655. The molecule has 2 fully saturated rings. The highest BCUT2D eigenvalue weighted by Crippen LogP contribution is 2.40. The van der Waals surface area contributed by atoms with E-state index in [1.165, 1.54) is 20.0 Å². The number of aromatic nitrogens is 2. The number of rotatable bonds is 5. The highest BCUT2D eigenvalue weighted by atomic mass is 16.5. The van der Waals surface area contributed by atoms with Crippen molar-refractivity contribution in [3.63, 3.8) is 0 Å². The first-order valence-electron chi connectivity index (χ1n) is 9.38. The van der Waals surface area contributed by atoms with E-state index in [1.54, 1.807) is 9.80 Å². The standard InChI is InChI=1S/C18H29N5O3/c1-13-11-16(23(20-13)14(2)15-5-6-15)19-18(25)22-8-4-7-21(9-10-22)17(24)12-26-3/h11,14-15H,4-10,12H2,1-3H3,(H,19,25). The molecule has 1 saturated heterocycles. The van der Waals surface area contributed by atoms with Gasteiger partial charge in [-0.05, 0) is 39.0 Å². The van der Waals surface area contributed by atoms with Crippen molar-refractivity contribution in [2.75, 3.05) is 45.2 Å². The summed E-state index contributed by atoms with van der Waals surface area (Å²) in [6, 6.07) is 2.09. The van der Waals surface area contributed by atoms with Crippen LogP contribution in [0.15, 0.2) is 6.07 Å². The number of urea groups is 1. The van der Waals surface area contributed by atoms with Crippen molar-refractivity contribution < 1.29 is 14.3 Å². The molecule has 1 aliphatic heterocycles. The van der Waals surface area contributed by atoms with Crippen LogP contribution in [0.2, 0.25) is 0 Å². The Morgan fingerprint density at radius 2 is 1.96 bits per heavy atom. The Balaban J connectivity index is 1.61. The molecule has 0 bridgehead atoms. The minimum Gasteiger partial charge on any atom is -0.375 e. The number of nitrogens with one attached hydrogen (secondary N) is 1. The van der Waals surface area contributed by atoms with E-state index < -0.39 is 0 Å². The van der Waals surface area contributed by atoms with Crippen molar-refractivity contribution >= 4 is 17.8 Å². The quantitative estimate of drug-likeness (QED) is 0.866. The lowest BCUT2D eigenvalue weighted by Gasteiger charge is -2.23. The molecule has 26 heavy (non-hydrogen) atoms. The molecular formula is C18H29N5O3. The zero-order valence-electron chi connectivity index (χ0n) is 15.9. The van der Waals surface area contributed by atoms with E-state index in [0.717, 1.165) is 17.9 Å². The zero-order chi connectivity index (χ0) is 18.7. The van der Waals surface area contributed by atoms with Gasteiger partial charge in [-0.25, -0.2) is 9.48 Å². The largest absolute Gasteiger partial charge is 0.375 e. The summed E-state index contributed by atoms with van der Waals surface area (Å²) in [6.45, 7) is 6.53. The maximum Gasteiger partial charge on any atom is 0.323 e. The van der Waals surface area contributed by atoms with Crippen molar-refractivity contribution in [2.45, 2.75) is 39.2 Å². The van der Waals surface area contributed by atoms with E-state index in [1.807, 2.05) is 17.7 Å². The fraction of sp³-hybridized carbons (Fsp3) is 0.722. The van der Waals surface area contributed by atoms with Gasteiger partial charge in [-0.1, -0.05) is 0 Å². The summed E-state index contributed by atoms with van der Waals surface area (Å²) in [6.07, 6.45) is 3.22. The number of ether oxygens (including phenoxy) is 1. The van der Waals surface area contributed by atoms with Gasteiger partial charge in [0.1, 0.15) is 12.4 Å². The Labute approximate surface area is 154 Å². The first kappa shape index (κ1) is 18.7. The number of carbonyl (C=O) groups is 2. The summed E-state index contributed by atoms with van der Waals surface area (Å²) in [7, 11) is 1.52. The third kappa shape index (κ3) is 4.35. The van der Waals surface area contributed by atoms with Crippen LogP contribution in [0.25, 0.3) is 0 Å². The van der Waals surface area contributed by atoms with Gasteiger partial charge >= 0.3 is 6.03 Å². The van der Waals surface area contributed by atoms with Gasteiger partial charge < -0.3 is 14.5 Å². The Kier molecular flexibility index (Phi) is 5.80. The van der Waals surface area contributed by atoms with E-state index in [2.05, 4.69) is 17.3 Å². The lowest BCUT2D eigenvalue weighted by molar-refractivity contribution is -0.134. The topological polar surface area (TPSA) is 79.7 Å². The first-order valence-corrected chi connectivity index (χ1v) is 9.38. The molecule has 1 atom stereocenters. The number of hydrogen-bond donors (Lipinski definition) is 1. The molecular weight excluding hydrogens is 334 g/mol. The van der Waals surface area contributed by atoms with Gasteiger partial charge in [0.25, 0.3) is 0 Å². The average Bonchev–Trinajstić information content (AvgIpc) is 3.41. The monoisotopic (exact) mass is 363 g/mol. The predicted molar refractivity (Wildman–Crippen MR) is 98.1 cm³/mol. The molecule has 3 rings (SSSR count). The molecule has 1 aromatic heterocycles. The number of anilines is 1. The molecule has 1 N–H and O–H groups in total. The summed E-state index contributed by atoms with van der Waals surface area (Å²) in [5.41, 5.74) is 0.903. The molecule has 144 valence electrons. The fourth-order valence-electron chi connectivity index (χ4n) is 3.47. The van der Waals surface area contributed by atoms with E-state index in [-0.39, 0.29) is 18.5 Å². The average molecular weight is 363 g/mol. The summed E-state index contributed by atoms with van der Waals surface area (Å²) in [5.74, 6) is 1.38. The van der Waals surface area contributed by atoms with Crippen LogP contribution in [0.3, 0.4) is 0 Å². The van der Waals surface area contributed by atoms with E-state index >= 15 is 0 Å². The van der Waals surface area contributed by atoms with Crippen LogP contribution in [0, 0.1) is 12.8 Å². The molecule has 8 heteroatoms. The third-order valence-electron chi connectivity index (χ3n) is 5.19. The lowest BCUT2D eigenvalue weighted by atomic mass is 10.2. The van der Waals surface area contributed by atoms with Crippen LogP contribution in [0.5, 0.6) is 0 Å². The molecule has 3 amide bonds. The Morgan fingerprint density at radius 1 is 1.27 bits per heavy atom. The summed E-state index contributed by atoms with van der Waals surface area (Å²) >= 11 is 0. The molecule has 0 spiro atoms. The number of hydrogen-bond acceptors (Lipinski definition) is 4. The molecule has 1 unspecified atom stereocenters. The maximum absolute atomic E-state index is 12.7. The number of aryl methyl sites for hydroxylation is 1. The maximum atomic E-state index is 12.7. The van der Waals surface area contributed by atoms with Crippen LogP contribution in [0.4, 0.5) is 10.6 Å². The molecule has 8 nitrogen and oxygen atoms in total. The van der Waals surface area contributed by atoms with Crippen molar-refractivity contribution in [3.8, 4) is 0 Å². The number of methoxy groups -OCH3 is 1. The molecule has 2 aliphatic rings. The van der Waals surface area contributed by atoms with Gasteiger partial charge in [0, 0.05) is 39.4 Å². The van der Waals surface area contributed by atoms with Crippen molar-refractivity contribution in [1.82, 2.24) is 19.6 Å². The molecule has 0 aromatic carbocycles. The van der Waals surface area contributed by atoms with Crippen LogP contribution in [-0.2, 0) is 9.53 Å². The van der Waals surface area contributed by atoms with E-state index in [4.69, 9.17) is 4.74 Å². The highest BCUT2D eigenvalue weighted by Gasteiger charge is 2.31. The molecule has 0 radical (unpaired) electrons. The summed E-state index contributed by atoms with van der Waals surface area (Å²) in [4.78, 5) is 28.3. The summed E-state index contributed by atoms with van der Waals surface area (Å²) < 4.78 is 6.86. The Morgan fingerprint density at radius 3 is 2.65 bits per heavy atom. The van der Waals surface area contributed by atoms with E-state index in [9.17, 15) is 9.59 Å². The van der Waals surface area contributed by atoms with Crippen LogP contribution in [0.1, 0.15) is 37.9 Å². The molecule has 1 saturated carbocycles. The van der Waals surface area contributed by atoms with Crippen molar-refractivity contribution in [2.24, 2.45) is 5.92 Å². The second-order valence-corrected chi connectivity index (χ2v) is 7.28. The van der Waals surface area contributed by atoms with Gasteiger partial charge in [-0.3, -0.25) is 10.1 Å². The first-order chi connectivity index (χ1) is 12.5. The minimum atomic E-state index is -0.129. The SMILES string of the molecule is COCC(=O)N1CCCN(C(=O)Nc2cc(C)nn2C(C)C2CC2)CC1. The van der Waals surface area contributed by atoms with Crippen LogP contribution in [-0.4, -0.2) is 71.4 Å². The van der Waals surface area contributed by atoms with Gasteiger partial charge in [0.2, 0.25) is 5.91 Å². The summed E-state index contributed by atoms with van der Waals surface area (Å²) in [5, 5.41) is 7.58. The molecule has 2 heterocycles. The lowest BCUT2D eigenvalue weighted by Crippen LogP contribution is -2.40. The predicted octanol–water partition coefficient (Wildman–Crippen LogP) is 1.88. The Hall–Kier alpha value is -2.09. The minimum absolute atomic E-state index is 0.0262. The van der Waals surface area contributed by atoms with Crippen LogP contribution >= 0.6 is 0 Å².